The summed E-state index contributed by atoms with van der Waals surface area (Å²) < 4.78 is 17.6. The molecule has 0 aliphatic rings. The molecule has 0 unspecified atom stereocenters. The quantitative estimate of drug-likeness (QED) is 0.431. The highest BCUT2D eigenvalue weighted by Gasteiger charge is 2.29. The molecule has 0 aliphatic heterocycles. The number of rotatable bonds is 15. The van der Waals surface area contributed by atoms with Gasteiger partial charge in [-0.15, -0.1) is 0 Å². The summed E-state index contributed by atoms with van der Waals surface area (Å²) in [5.41, 5.74) is -0.0339. The van der Waals surface area contributed by atoms with Crippen LogP contribution in [0.5, 0.6) is 0 Å². The molecule has 0 radical (unpaired) electrons. The standard InChI is InChI=1S/C17H38N2O3/c1-7-11-20-14-17(8-2,15-21-12-9-18(3)4)16-22-13-10-19(5)6/h7-16H2,1-6H3. The van der Waals surface area contributed by atoms with Crippen molar-refractivity contribution in [2.75, 3.05) is 80.9 Å². The summed E-state index contributed by atoms with van der Waals surface area (Å²) in [5, 5.41) is 0. The number of hydrogen-bond donors (Lipinski definition) is 0. The molecule has 22 heavy (non-hydrogen) atoms. The van der Waals surface area contributed by atoms with Gasteiger partial charge in [0.2, 0.25) is 0 Å². The smallest absolute Gasteiger partial charge is 0.0593 e. The second-order valence-corrected chi connectivity index (χ2v) is 6.62. The molecule has 0 heterocycles. The van der Waals surface area contributed by atoms with Crippen molar-refractivity contribution in [2.45, 2.75) is 26.7 Å². The van der Waals surface area contributed by atoms with Crippen LogP contribution in [-0.4, -0.2) is 90.7 Å². The molecule has 0 fully saturated rings. The zero-order valence-electron chi connectivity index (χ0n) is 15.7. The molecule has 0 saturated carbocycles. The van der Waals surface area contributed by atoms with Crippen LogP contribution in [-0.2, 0) is 14.2 Å². The van der Waals surface area contributed by atoms with Crippen molar-refractivity contribution in [2.24, 2.45) is 5.41 Å². The fraction of sp³-hybridized carbons (Fsp3) is 1.00. The monoisotopic (exact) mass is 318 g/mol. The van der Waals surface area contributed by atoms with Gasteiger partial charge in [0.05, 0.1) is 33.0 Å². The average Bonchev–Trinajstić information content (AvgIpc) is 2.47. The Morgan fingerprint density at radius 1 is 0.682 bits per heavy atom. The van der Waals surface area contributed by atoms with Gasteiger partial charge in [0.25, 0.3) is 0 Å². The minimum Gasteiger partial charge on any atom is -0.381 e. The van der Waals surface area contributed by atoms with Crippen LogP contribution in [0, 0.1) is 5.41 Å². The summed E-state index contributed by atoms with van der Waals surface area (Å²) in [7, 11) is 8.24. The summed E-state index contributed by atoms with van der Waals surface area (Å²) in [6.07, 6.45) is 2.05. The maximum atomic E-state index is 5.90. The van der Waals surface area contributed by atoms with Crippen LogP contribution in [0.2, 0.25) is 0 Å². The maximum Gasteiger partial charge on any atom is 0.0593 e. The Morgan fingerprint density at radius 2 is 1.09 bits per heavy atom. The lowest BCUT2D eigenvalue weighted by atomic mass is 9.88. The van der Waals surface area contributed by atoms with Gasteiger partial charge < -0.3 is 24.0 Å². The van der Waals surface area contributed by atoms with Gasteiger partial charge in [0.1, 0.15) is 0 Å². The third-order valence-corrected chi connectivity index (χ3v) is 3.69. The summed E-state index contributed by atoms with van der Waals surface area (Å²) in [4.78, 5) is 4.27. The van der Waals surface area contributed by atoms with Gasteiger partial charge in [-0.1, -0.05) is 13.8 Å². The van der Waals surface area contributed by atoms with Crippen LogP contribution >= 0.6 is 0 Å². The summed E-state index contributed by atoms with van der Waals surface area (Å²) >= 11 is 0. The Hall–Kier alpha value is -0.200. The van der Waals surface area contributed by atoms with Crippen molar-refractivity contribution in [1.29, 1.82) is 0 Å². The van der Waals surface area contributed by atoms with E-state index in [0.29, 0.717) is 19.8 Å². The van der Waals surface area contributed by atoms with Crippen molar-refractivity contribution in [3.05, 3.63) is 0 Å². The molecule has 5 nitrogen and oxygen atoms in total. The topological polar surface area (TPSA) is 34.2 Å². The van der Waals surface area contributed by atoms with E-state index < -0.39 is 0 Å². The number of ether oxygens (including phenoxy) is 3. The Labute approximate surface area is 137 Å². The fourth-order valence-corrected chi connectivity index (χ4v) is 1.94. The third-order valence-electron chi connectivity index (χ3n) is 3.69. The highest BCUT2D eigenvalue weighted by atomic mass is 16.5. The van der Waals surface area contributed by atoms with Crippen LogP contribution in [0.25, 0.3) is 0 Å². The third kappa shape index (κ3) is 11.4. The van der Waals surface area contributed by atoms with E-state index in [9.17, 15) is 0 Å². The molecule has 0 aromatic rings. The van der Waals surface area contributed by atoms with E-state index in [1.165, 1.54) is 0 Å². The summed E-state index contributed by atoms with van der Waals surface area (Å²) in [6, 6.07) is 0. The molecule has 0 N–H and O–H groups in total. The first-order chi connectivity index (χ1) is 10.5. The fourth-order valence-electron chi connectivity index (χ4n) is 1.94. The van der Waals surface area contributed by atoms with Crippen molar-refractivity contribution in [3.8, 4) is 0 Å². The minimum absolute atomic E-state index is 0.0339. The molecule has 0 saturated heterocycles. The molecule has 134 valence electrons. The van der Waals surface area contributed by atoms with Crippen molar-refractivity contribution >= 4 is 0 Å². The number of hydrogen-bond acceptors (Lipinski definition) is 5. The van der Waals surface area contributed by atoms with Gasteiger partial charge in [-0.2, -0.15) is 0 Å². The first kappa shape index (κ1) is 21.8. The highest BCUT2D eigenvalue weighted by molar-refractivity contribution is 4.78. The molecule has 0 spiro atoms. The lowest BCUT2D eigenvalue weighted by Gasteiger charge is -2.32. The molecule has 0 aromatic heterocycles. The Kier molecular flexibility index (Phi) is 13.1. The predicted molar refractivity (Wildman–Crippen MR) is 92.6 cm³/mol. The normalized spacial score (nSPS) is 12.5. The molecule has 0 aromatic carbocycles. The lowest BCUT2D eigenvalue weighted by molar-refractivity contribution is -0.0736. The molecule has 0 bridgehead atoms. The van der Waals surface area contributed by atoms with E-state index in [2.05, 4.69) is 51.8 Å². The van der Waals surface area contributed by atoms with E-state index in [1.54, 1.807) is 0 Å². The van der Waals surface area contributed by atoms with Gasteiger partial charge in [0.15, 0.2) is 0 Å². The maximum absolute atomic E-state index is 5.90. The Balaban J connectivity index is 4.30. The van der Waals surface area contributed by atoms with Crippen molar-refractivity contribution < 1.29 is 14.2 Å². The second kappa shape index (κ2) is 13.3. The van der Waals surface area contributed by atoms with Crippen LogP contribution in [0.1, 0.15) is 26.7 Å². The Bertz CT molecular complexity index is 232. The van der Waals surface area contributed by atoms with Crippen molar-refractivity contribution in [1.82, 2.24) is 9.80 Å². The average molecular weight is 319 g/mol. The van der Waals surface area contributed by atoms with Gasteiger partial charge >= 0.3 is 0 Å². The van der Waals surface area contributed by atoms with E-state index in [-0.39, 0.29) is 5.41 Å². The first-order valence-corrected chi connectivity index (χ1v) is 8.48. The molecule has 0 atom stereocenters. The molecular weight excluding hydrogens is 280 g/mol. The van der Waals surface area contributed by atoms with E-state index >= 15 is 0 Å². The molecule has 0 rings (SSSR count). The minimum atomic E-state index is -0.0339. The van der Waals surface area contributed by atoms with Crippen LogP contribution in [0.15, 0.2) is 0 Å². The van der Waals surface area contributed by atoms with Gasteiger partial charge in [0, 0.05) is 25.1 Å². The molecule has 5 heteroatoms. The van der Waals surface area contributed by atoms with Crippen molar-refractivity contribution in [3.63, 3.8) is 0 Å². The predicted octanol–water partition coefficient (Wildman–Crippen LogP) is 1.97. The van der Waals surface area contributed by atoms with E-state index in [1.807, 2.05) is 0 Å². The van der Waals surface area contributed by atoms with Gasteiger partial charge in [-0.25, -0.2) is 0 Å². The second-order valence-electron chi connectivity index (χ2n) is 6.62. The van der Waals surface area contributed by atoms with Gasteiger partial charge in [-0.3, -0.25) is 0 Å². The summed E-state index contributed by atoms with van der Waals surface area (Å²) in [6.45, 7) is 10.6. The van der Waals surface area contributed by atoms with Crippen LogP contribution in [0.3, 0.4) is 0 Å². The van der Waals surface area contributed by atoms with Crippen LogP contribution in [0.4, 0.5) is 0 Å². The molecule has 0 aliphatic carbocycles. The largest absolute Gasteiger partial charge is 0.381 e. The zero-order chi connectivity index (χ0) is 16.8. The van der Waals surface area contributed by atoms with Gasteiger partial charge in [-0.05, 0) is 41.0 Å². The highest BCUT2D eigenvalue weighted by Crippen LogP contribution is 2.24. The van der Waals surface area contributed by atoms with Crippen LogP contribution < -0.4 is 0 Å². The van der Waals surface area contributed by atoms with E-state index in [4.69, 9.17) is 14.2 Å². The summed E-state index contributed by atoms with van der Waals surface area (Å²) in [5.74, 6) is 0. The SMILES string of the molecule is CCCOCC(CC)(COCCN(C)C)COCCN(C)C. The molecular formula is C17H38N2O3. The number of nitrogens with zero attached hydrogens (tertiary/aromatic N) is 2. The zero-order valence-corrected chi connectivity index (χ0v) is 15.7. The number of likely N-dealkylation sites (N-methyl/N-ethyl adjacent to an activating group) is 2. The van der Waals surface area contributed by atoms with E-state index in [0.717, 1.165) is 45.8 Å². The first-order valence-electron chi connectivity index (χ1n) is 8.48. The Morgan fingerprint density at radius 3 is 1.41 bits per heavy atom. The lowest BCUT2D eigenvalue weighted by Crippen LogP contribution is -2.38. The molecule has 0 amide bonds.